The third kappa shape index (κ3) is 4.67. The number of hydrogen-bond donors (Lipinski definition) is 3. The van der Waals surface area contributed by atoms with Crippen molar-refractivity contribution in [3.8, 4) is 0 Å². The second-order valence-corrected chi connectivity index (χ2v) is 9.17. The number of aromatic amines is 2. The van der Waals surface area contributed by atoms with Crippen LogP contribution in [0.25, 0.3) is 11.0 Å². The van der Waals surface area contributed by atoms with Crippen molar-refractivity contribution in [1.82, 2.24) is 35.4 Å². The SMILES string of the molecule is CN1CCC[C@H](c2nc(C(NCc3ccc(Cl)c(Cl)c3)c3nc4cn[nH]c4c(=O)[nH]3)co2)C1. The number of piperidine rings is 1. The Kier molecular flexibility index (Phi) is 6.20. The van der Waals surface area contributed by atoms with Gasteiger partial charge in [0.25, 0.3) is 5.56 Å². The van der Waals surface area contributed by atoms with Crippen LogP contribution in [0.3, 0.4) is 0 Å². The number of fused-ring (bicyclic) bond motifs is 1. The fourth-order valence-corrected chi connectivity index (χ4v) is 4.53. The number of likely N-dealkylation sites (tertiary alicyclic amines) is 1. The molecule has 5 rings (SSSR count). The molecule has 172 valence electrons. The Morgan fingerprint density at radius 3 is 3.00 bits per heavy atom. The van der Waals surface area contributed by atoms with Gasteiger partial charge in [0.2, 0.25) is 0 Å². The molecule has 1 aromatic carbocycles. The lowest BCUT2D eigenvalue weighted by Crippen LogP contribution is -2.31. The van der Waals surface area contributed by atoms with Crippen molar-refractivity contribution in [1.29, 1.82) is 0 Å². The van der Waals surface area contributed by atoms with Gasteiger partial charge in [0.05, 0.1) is 16.2 Å². The van der Waals surface area contributed by atoms with E-state index in [2.05, 4.69) is 37.4 Å². The number of likely N-dealkylation sites (N-methyl/N-ethyl adjacent to an activating group) is 1. The summed E-state index contributed by atoms with van der Waals surface area (Å²) in [5.41, 5.74) is 2.08. The predicted molar refractivity (Wildman–Crippen MR) is 126 cm³/mol. The normalized spacial score (nSPS) is 18.1. The van der Waals surface area contributed by atoms with Gasteiger partial charge in [-0.05, 0) is 44.1 Å². The molecule has 1 aliphatic heterocycles. The van der Waals surface area contributed by atoms with E-state index in [1.54, 1.807) is 18.4 Å². The van der Waals surface area contributed by atoms with E-state index in [0.29, 0.717) is 45.0 Å². The highest BCUT2D eigenvalue weighted by Crippen LogP contribution is 2.29. The van der Waals surface area contributed by atoms with Gasteiger partial charge in [0.15, 0.2) is 5.89 Å². The molecule has 0 saturated carbocycles. The largest absolute Gasteiger partial charge is 0.448 e. The van der Waals surface area contributed by atoms with Crippen molar-refractivity contribution >= 4 is 34.2 Å². The highest BCUT2D eigenvalue weighted by molar-refractivity contribution is 6.42. The molecule has 1 fully saturated rings. The van der Waals surface area contributed by atoms with Crippen LogP contribution in [-0.2, 0) is 6.54 Å². The Balaban J connectivity index is 1.48. The van der Waals surface area contributed by atoms with Crippen LogP contribution in [0.5, 0.6) is 0 Å². The summed E-state index contributed by atoms with van der Waals surface area (Å²) in [5, 5.41) is 11.0. The van der Waals surface area contributed by atoms with Crippen molar-refractivity contribution in [2.24, 2.45) is 0 Å². The lowest BCUT2D eigenvalue weighted by molar-refractivity contribution is 0.230. The number of aromatic nitrogens is 5. The number of rotatable bonds is 6. The molecule has 0 aliphatic carbocycles. The zero-order valence-corrected chi connectivity index (χ0v) is 19.5. The minimum atomic E-state index is -0.509. The van der Waals surface area contributed by atoms with Gasteiger partial charge in [0.1, 0.15) is 34.9 Å². The number of benzene rings is 1. The van der Waals surface area contributed by atoms with Gasteiger partial charge in [-0.2, -0.15) is 5.10 Å². The molecule has 3 N–H and O–H groups in total. The molecule has 9 nitrogen and oxygen atoms in total. The third-order valence-corrected chi connectivity index (χ3v) is 6.64. The molecule has 0 bridgehead atoms. The Morgan fingerprint density at radius 1 is 1.30 bits per heavy atom. The first-order valence-electron chi connectivity index (χ1n) is 10.7. The topological polar surface area (TPSA) is 116 Å². The van der Waals surface area contributed by atoms with Crippen molar-refractivity contribution in [3.05, 3.63) is 74.0 Å². The quantitative estimate of drug-likeness (QED) is 0.380. The molecule has 4 aromatic rings. The minimum Gasteiger partial charge on any atom is -0.448 e. The van der Waals surface area contributed by atoms with Gasteiger partial charge in [-0.1, -0.05) is 29.3 Å². The molecule has 0 amide bonds. The summed E-state index contributed by atoms with van der Waals surface area (Å²) in [6, 6.07) is 4.93. The molecule has 0 spiro atoms. The second-order valence-electron chi connectivity index (χ2n) is 8.36. The maximum absolute atomic E-state index is 12.6. The van der Waals surface area contributed by atoms with Gasteiger partial charge < -0.3 is 14.3 Å². The maximum atomic E-state index is 12.6. The maximum Gasteiger partial charge on any atom is 0.276 e. The summed E-state index contributed by atoms with van der Waals surface area (Å²) in [6.07, 6.45) is 5.29. The molecule has 1 aliphatic rings. The summed E-state index contributed by atoms with van der Waals surface area (Å²) in [4.78, 5) is 27.1. The molecule has 33 heavy (non-hydrogen) atoms. The molecular formula is C22H23Cl2N7O2. The monoisotopic (exact) mass is 487 g/mol. The standard InChI is InChI=1S/C22H23Cl2N7O2/c1-31-6-2-3-13(10-31)22-28-17(11-33-22)18(25-8-12-4-5-14(23)15(24)7-12)20-27-16-9-26-30-19(16)21(32)29-20/h4-5,7,9,11,13,18,25H,2-3,6,8,10H2,1H3,(H,26,30)(H,27,29,32)/t13-,18?/m0/s1. The summed E-state index contributed by atoms with van der Waals surface area (Å²) in [6.45, 7) is 2.42. The van der Waals surface area contributed by atoms with Crippen LogP contribution in [-0.4, -0.2) is 50.2 Å². The van der Waals surface area contributed by atoms with E-state index in [1.165, 1.54) is 6.20 Å². The van der Waals surface area contributed by atoms with Gasteiger partial charge in [-0.3, -0.25) is 15.2 Å². The van der Waals surface area contributed by atoms with Crippen LogP contribution in [0, 0.1) is 0 Å². The first-order chi connectivity index (χ1) is 16.0. The lowest BCUT2D eigenvalue weighted by Gasteiger charge is -2.27. The molecule has 2 atom stereocenters. The lowest BCUT2D eigenvalue weighted by atomic mass is 9.98. The highest BCUT2D eigenvalue weighted by atomic mass is 35.5. The Bertz CT molecular complexity index is 1330. The van der Waals surface area contributed by atoms with Crippen LogP contribution < -0.4 is 10.9 Å². The van der Waals surface area contributed by atoms with Gasteiger partial charge in [-0.15, -0.1) is 0 Å². The molecule has 4 heterocycles. The molecule has 1 saturated heterocycles. The van der Waals surface area contributed by atoms with Crippen molar-refractivity contribution in [2.45, 2.75) is 31.3 Å². The first kappa shape index (κ1) is 22.1. The first-order valence-corrected chi connectivity index (χ1v) is 11.5. The summed E-state index contributed by atoms with van der Waals surface area (Å²) < 4.78 is 5.89. The molecule has 1 unspecified atom stereocenters. The van der Waals surface area contributed by atoms with Gasteiger partial charge in [-0.25, -0.2) is 9.97 Å². The molecule has 3 aromatic heterocycles. The summed E-state index contributed by atoms with van der Waals surface area (Å²) in [7, 11) is 2.10. The van der Waals surface area contributed by atoms with Crippen LogP contribution in [0.4, 0.5) is 0 Å². The zero-order valence-electron chi connectivity index (χ0n) is 17.9. The summed E-state index contributed by atoms with van der Waals surface area (Å²) >= 11 is 12.2. The highest BCUT2D eigenvalue weighted by Gasteiger charge is 2.27. The fourth-order valence-electron chi connectivity index (χ4n) is 4.20. The van der Waals surface area contributed by atoms with Crippen LogP contribution in [0.2, 0.25) is 10.0 Å². The van der Waals surface area contributed by atoms with Crippen molar-refractivity contribution in [3.63, 3.8) is 0 Å². The number of oxazole rings is 1. The van der Waals surface area contributed by atoms with Crippen LogP contribution in [0.15, 0.2) is 39.9 Å². The second kappa shape index (κ2) is 9.26. The Labute approximate surface area is 199 Å². The number of nitrogens with zero attached hydrogens (tertiary/aromatic N) is 4. The van der Waals surface area contributed by atoms with E-state index < -0.39 is 6.04 Å². The minimum absolute atomic E-state index is 0.233. The zero-order chi connectivity index (χ0) is 22.9. The van der Waals surface area contributed by atoms with Crippen LogP contribution in [0.1, 0.15) is 47.8 Å². The van der Waals surface area contributed by atoms with Crippen LogP contribution >= 0.6 is 23.2 Å². The van der Waals surface area contributed by atoms with Gasteiger partial charge >= 0.3 is 0 Å². The van der Waals surface area contributed by atoms with E-state index >= 15 is 0 Å². The van der Waals surface area contributed by atoms with E-state index in [4.69, 9.17) is 32.6 Å². The smallest absolute Gasteiger partial charge is 0.276 e. The van der Waals surface area contributed by atoms with E-state index in [0.717, 1.165) is 31.5 Å². The third-order valence-electron chi connectivity index (χ3n) is 5.91. The Hall–Kier alpha value is -2.72. The molecular weight excluding hydrogens is 465 g/mol. The Morgan fingerprint density at radius 2 is 2.18 bits per heavy atom. The van der Waals surface area contributed by atoms with Crippen molar-refractivity contribution < 1.29 is 4.42 Å². The number of hydrogen-bond acceptors (Lipinski definition) is 7. The molecule has 11 heteroatoms. The van der Waals surface area contributed by atoms with Crippen molar-refractivity contribution in [2.75, 3.05) is 20.1 Å². The average Bonchev–Trinajstić information content (AvgIpc) is 3.47. The molecule has 0 radical (unpaired) electrons. The number of nitrogens with one attached hydrogen (secondary N) is 3. The predicted octanol–water partition coefficient (Wildman–Crippen LogP) is 3.63. The van der Waals surface area contributed by atoms with Gasteiger partial charge in [0, 0.05) is 19.0 Å². The van der Waals surface area contributed by atoms with E-state index in [1.807, 2.05) is 6.07 Å². The van der Waals surface area contributed by atoms with E-state index in [9.17, 15) is 4.79 Å². The summed E-state index contributed by atoms with van der Waals surface area (Å²) in [5.74, 6) is 1.36. The number of halogens is 2. The van der Waals surface area contributed by atoms with E-state index in [-0.39, 0.29) is 11.5 Å². The number of H-pyrrole nitrogens is 2. The fraction of sp³-hybridized carbons (Fsp3) is 0.364. The average molecular weight is 488 g/mol.